The number of halogens is 2. The zero-order chi connectivity index (χ0) is 20.9. The first-order chi connectivity index (χ1) is 13.8. The summed E-state index contributed by atoms with van der Waals surface area (Å²) in [7, 11) is -3.85. The van der Waals surface area contributed by atoms with E-state index in [2.05, 4.69) is 10.0 Å². The highest BCUT2D eigenvalue weighted by molar-refractivity contribution is 8.00. The molecule has 0 aliphatic heterocycles. The molecule has 0 unspecified atom stereocenters. The normalized spacial score (nSPS) is 11.1. The summed E-state index contributed by atoms with van der Waals surface area (Å²) in [6.07, 6.45) is 0. The van der Waals surface area contributed by atoms with Crippen LogP contribution in [0.3, 0.4) is 0 Å². The van der Waals surface area contributed by atoms with Gasteiger partial charge < -0.3 is 5.32 Å². The maximum Gasteiger partial charge on any atom is 0.261 e. The monoisotopic (exact) mass is 466 g/mol. The quantitative estimate of drug-likeness (QED) is 0.449. The minimum Gasteiger partial charge on any atom is -0.325 e. The summed E-state index contributed by atoms with van der Waals surface area (Å²) in [6.45, 7) is 0. The highest BCUT2D eigenvalue weighted by Crippen LogP contribution is 2.31. The Bertz CT molecular complexity index is 1110. The topological polar surface area (TPSA) is 75.3 Å². The first-order valence-electron chi connectivity index (χ1n) is 8.40. The fourth-order valence-electron chi connectivity index (χ4n) is 2.37. The summed E-state index contributed by atoms with van der Waals surface area (Å²) in [5.74, 6) is 0.0668. The lowest BCUT2D eigenvalue weighted by Gasteiger charge is -2.11. The highest BCUT2D eigenvalue weighted by atomic mass is 35.5. The van der Waals surface area contributed by atoms with Crippen LogP contribution in [0.5, 0.6) is 0 Å². The van der Waals surface area contributed by atoms with Crippen molar-refractivity contribution in [2.24, 2.45) is 0 Å². The van der Waals surface area contributed by atoms with E-state index in [1.54, 1.807) is 12.1 Å². The molecule has 0 saturated carbocycles. The van der Waals surface area contributed by atoms with Gasteiger partial charge in [0.15, 0.2) is 0 Å². The Labute approximate surface area is 183 Å². The van der Waals surface area contributed by atoms with Gasteiger partial charge in [-0.15, -0.1) is 11.8 Å². The van der Waals surface area contributed by atoms with Gasteiger partial charge in [0.1, 0.15) is 0 Å². The van der Waals surface area contributed by atoms with E-state index in [4.69, 9.17) is 23.2 Å². The van der Waals surface area contributed by atoms with Crippen LogP contribution in [0.4, 0.5) is 11.4 Å². The largest absolute Gasteiger partial charge is 0.325 e. The lowest BCUT2D eigenvalue weighted by atomic mass is 10.3. The summed E-state index contributed by atoms with van der Waals surface area (Å²) in [5, 5.41) is 3.11. The van der Waals surface area contributed by atoms with E-state index in [9.17, 15) is 13.2 Å². The van der Waals surface area contributed by atoms with Gasteiger partial charge in [0.2, 0.25) is 5.91 Å². The molecule has 0 heterocycles. The number of carbonyl (C=O) groups excluding carboxylic acids is 1. The number of hydrogen-bond donors (Lipinski definition) is 2. The predicted octanol–water partition coefficient (Wildman–Crippen LogP) is 5.53. The molecule has 3 aromatic rings. The van der Waals surface area contributed by atoms with Gasteiger partial charge in [0.05, 0.1) is 26.4 Å². The number of carbonyl (C=O) groups is 1. The third kappa shape index (κ3) is 5.90. The van der Waals surface area contributed by atoms with Crippen LogP contribution < -0.4 is 10.0 Å². The van der Waals surface area contributed by atoms with Gasteiger partial charge in [-0.25, -0.2) is 8.42 Å². The predicted molar refractivity (Wildman–Crippen MR) is 120 cm³/mol. The molecule has 3 rings (SSSR count). The molecule has 0 saturated heterocycles. The van der Waals surface area contributed by atoms with Crippen molar-refractivity contribution in [1.82, 2.24) is 0 Å². The molecule has 150 valence electrons. The maximum atomic E-state index is 12.6. The van der Waals surface area contributed by atoms with E-state index in [1.165, 1.54) is 42.1 Å². The van der Waals surface area contributed by atoms with Crippen molar-refractivity contribution in [3.63, 3.8) is 0 Å². The lowest BCUT2D eigenvalue weighted by Crippen LogP contribution is -2.15. The number of benzene rings is 3. The summed E-state index contributed by atoms with van der Waals surface area (Å²) < 4.78 is 27.5. The Kier molecular flexibility index (Phi) is 7.08. The summed E-state index contributed by atoms with van der Waals surface area (Å²) in [4.78, 5) is 13.1. The molecule has 29 heavy (non-hydrogen) atoms. The van der Waals surface area contributed by atoms with E-state index >= 15 is 0 Å². The zero-order valence-electron chi connectivity index (χ0n) is 14.9. The van der Waals surface area contributed by atoms with E-state index in [0.29, 0.717) is 5.69 Å². The van der Waals surface area contributed by atoms with Crippen molar-refractivity contribution in [1.29, 1.82) is 0 Å². The summed E-state index contributed by atoms with van der Waals surface area (Å²) >= 11 is 13.4. The zero-order valence-corrected chi connectivity index (χ0v) is 18.1. The van der Waals surface area contributed by atoms with Crippen molar-refractivity contribution in [3.05, 3.63) is 82.8 Å². The number of rotatable bonds is 7. The molecule has 0 spiro atoms. The summed E-state index contributed by atoms with van der Waals surface area (Å²) in [5.41, 5.74) is 0.692. The number of thioether (sulfide) groups is 1. The van der Waals surface area contributed by atoms with Crippen LogP contribution in [0, 0.1) is 0 Å². The molecular formula is C20H16Cl2N2O3S2. The number of hydrogen-bond acceptors (Lipinski definition) is 4. The van der Waals surface area contributed by atoms with Crippen LogP contribution in [-0.2, 0) is 14.8 Å². The van der Waals surface area contributed by atoms with Crippen molar-refractivity contribution in [2.75, 3.05) is 15.8 Å². The molecule has 3 aromatic carbocycles. The minimum absolute atomic E-state index is 0.0326. The van der Waals surface area contributed by atoms with E-state index in [0.717, 1.165) is 4.90 Å². The molecule has 0 aromatic heterocycles. The van der Waals surface area contributed by atoms with E-state index < -0.39 is 10.0 Å². The molecule has 0 bridgehead atoms. The van der Waals surface area contributed by atoms with Crippen LogP contribution in [0.25, 0.3) is 0 Å². The Hall–Kier alpha value is -2.19. The van der Waals surface area contributed by atoms with Crippen molar-refractivity contribution in [2.45, 2.75) is 9.79 Å². The number of nitrogens with one attached hydrogen (secondary N) is 2. The molecule has 2 N–H and O–H groups in total. The van der Waals surface area contributed by atoms with E-state index in [1.807, 2.05) is 30.3 Å². The van der Waals surface area contributed by atoms with Gasteiger partial charge in [-0.05, 0) is 48.5 Å². The van der Waals surface area contributed by atoms with Crippen LogP contribution in [0.1, 0.15) is 0 Å². The second-order valence-corrected chi connectivity index (χ2v) is 9.40. The van der Waals surface area contributed by atoms with Crippen molar-refractivity contribution >= 4 is 62.3 Å². The second-order valence-electron chi connectivity index (χ2n) is 5.88. The number of anilines is 2. The molecule has 9 heteroatoms. The Morgan fingerprint density at radius 3 is 2.28 bits per heavy atom. The molecule has 0 fully saturated rings. The molecular weight excluding hydrogens is 451 g/mol. The van der Waals surface area contributed by atoms with Crippen LogP contribution in [-0.4, -0.2) is 20.1 Å². The van der Waals surface area contributed by atoms with Gasteiger partial charge in [-0.3, -0.25) is 9.52 Å². The van der Waals surface area contributed by atoms with Crippen LogP contribution in [0.15, 0.2) is 82.6 Å². The molecule has 0 radical (unpaired) electrons. The lowest BCUT2D eigenvalue weighted by molar-refractivity contribution is -0.113. The molecule has 0 aliphatic rings. The third-order valence-corrected chi connectivity index (χ3v) is 6.97. The van der Waals surface area contributed by atoms with Crippen molar-refractivity contribution in [3.8, 4) is 0 Å². The fourth-order valence-corrected chi connectivity index (χ4v) is 4.56. The fraction of sp³-hybridized carbons (Fsp3) is 0.0500. The Balaban J connectivity index is 1.63. The van der Waals surface area contributed by atoms with E-state index in [-0.39, 0.29) is 32.3 Å². The average molecular weight is 467 g/mol. The van der Waals surface area contributed by atoms with Crippen LogP contribution in [0.2, 0.25) is 10.0 Å². The highest BCUT2D eigenvalue weighted by Gasteiger charge is 2.17. The first kappa shape index (κ1) is 21.5. The Morgan fingerprint density at radius 1 is 0.897 bits per heavy atom. The minimum atomic E-state index is -3.85. The first-order valence-corrected chi connectivity index (χ1v) is 11.6. The third-order valence-electron chi connectivity index (χ3n) is 3.76. The summed E-state index contributed by atoms with van der Waals surface area (Å²) in [6, 6.07) is 20.1. The van der Waals surface area contributed by atoms with Gasteiger partial charge in [0.25, 0.3) is 10.0 Å². The average Bonchev–Trinajstić information content (AvgIpc) is 2.71. The SMILES string of the molecule is O=C(CSc1ccccc1)Nc1ccc(S(=O)(=O)Nc2cccc(Cl)c2Cl)cc1. The number of sulfonamides is 1. The van der Waals surface area contributed by atoms with Gasteiger partial charge in [-0.2, -0.15) is 0 Å². The Morgan fingerprint density at radius 2 is 1.59 bits per heavy atom. The molecule has 1 amide bonds. The standard InChI is InChI=1S/C20H16Cl2N2O3S2/c21-17-7-4-8-18(20(17)22)24-29(26,27)16-11-9-14(10-12-16)23-19(25)13-28-15-5-2-1-3-6-15/h1-12,24H,13H2,(H,23,25). The molecule has 0 aliphatic carbocycles. The second kappa shape index (κ2) is 9.54. The molecule has 0 atom stereocenters. The number of amides is 1. The molecule has 5 nitrogen and oxygen atoms in total. The van der Waals surface area contributed by atoms with Gasteiger partial charge >= 0.3 is 0 Å². The van der Waals surface area contributed by atoms with Crippen molar-refractivity contribution < 1.29 is 13.2 Å². The maximum absolute atomic E-state index is 12.6. The smallest absolute Gasteiger partial charge is 0.261 e. The van der Waals surface area contributed by atoms with Gasteiger partial charge in [-0.1, -0.05) is 47.5 Å². The van der Waals surface area contributed by atoms with Gasteiger partial charge in [0, 0.05) is 10.6 Å². The van der Waals surface area contributed by atoms with Crippen LogP contribution >= 0.6 is 35.0 Å².